The van der Waals surface area contributed by atoms with Gasteiger partial charge in [-0.3, -0.25) is 0 Å². The van der Waals surface area contributed by atoms with E-state index in [2.05, 4.69) is 72.8 Å². The molecule has 0 aliphatic rings. The van der Waals surface area contributed by atoms with Gasteiger partial charge in [0.1, 0.15) is 11.2 Å². The van der Waals surface area contributed by atoms with Gasteiger partial charge in [0, 0.05) is 27.5 Å². The Labute approximate surface area is 224 Å². The first-order valence-electron chi connectivity index (χ1n) is 12.9. The van der Waals surface area contributed by atoms with Crippen LogP contribution in [0.3, 0.4) is 0 Å². The minimum absolute atomic E-state index is 0.611. The van der Waals surface area contributed by atoms with Gasteiger partial charge in [0.2, 0.25) is 0 Å². The molecule has 0 aliphatic carbocycles. The molecular weight excluding hydrogens is 478 g/mol. The Kier molecular flexibility index (Phi) is 4.79. The van der Waals surface area contributed by atoms with E-state index in [0.717, 1.165) is 49.4 Å². The van der Waals surface area contributed by atoms with E-state index in [1.54, 1.807) is 0 Å². The lowest BCUT2D eigenvalue weighted by Crippen LogP contribution is -2.00. The van der Waals surface area contributed by atoms with Crippen molar-refractivity contribution in [1.82, 2.24) is 15.0 Å². The molecule has 0 radical (unpaired) electrons. The molecule has 0 bridgehead atoms. The predicted molar refractivity (Wildman–Crippen MR) is 158 cm³/mol. The SMILES string of the molecule is c1ccc(-c2nc(-c3ccc4ccccc4c3)nc(-c3ccc4c(c3)oc3cc5ccccc5cc34)n2)cc1. The van der Waals surface area contributed by atoms with Gasteiger partial charge in [0.05, 0.1) is 0 Å². The van der Waals surface area contributed by atoms with Crippen LogP contribution in [-0.4, -0.2) is 15.0 Å². The van der Waals surface area contributed by atoms with Gasteiger partial charge in [0.15, 0.2) is 17.5 Å². The van der Waals surface area contributed by atoms with Crippen molar-refractivity contribution < 1.29 is 4.42 Å². The number of fused-ring (bicyclic) bond motifs is 5. The van der Waals surface area contributed by atoms with Crippen molar-refractivity contribution >= 4 is 43.5 Å². The highest BCUT2D eigenvalue weighted by Crippen LogP contribution is 2.35. The maximum absolute atomic E-state index is 6.33. The molecule has 0 saturated carbocycles. The number of furan rings is 1. The minimum atomic E-state index is 0.611. The van der Waals surface area contributed by atoms with Crippen molar-refractivity contribution in [3.05, 3.63) is 127 Å². The number of aromatic nitrogens is 3. The molecule has 0 saturated heterocycles. The molecule has 6 aromatic carbocycles. The topological polar surface area (TPSA) is 51.8 Å². The zero-order valence-electron chi connectivity index (χ0n) is 20.9. The lowest BCUT2D eigenvalue weighted by Gasteiger charge is -2.09. The van der Waals surface area contributed by atoms with Gasteiger partial charge in [0.25, 0.3) is 0 Å². The summed E-state index contributed by atoms with van der Waals surface area (Å²) < 4.78 is 6.33. The summed E-state index contributed by atoms with van der Waals surface area (Å²) >= 11 is 0. The molecule has 8 aromatic rings. The maximum Gasteiger partial charge on any atom is 0.164 e. The third-order valence-electron chi connectivity index (χ3n) is 7.27. The lowest BCUT2D eigenvalue weighted by atomic mass is 10.0. The zero-order chi connectivity index (χ0) is 25.8. The third kappa shape index (κ3) is 3.73. The van der Waals surface area contributed by atoms with E-state index >= 15 is 0 Å². The van der Waals surface area contributed by atoms with Crippen LogP contribution in [0.4, 0.5) is 0 Å². The molecule has 0 N–H and O–H groups in total. The van der Waals surface area contributed by atoms with Crippen molar-refractivity contribution in [2.45, 2.75) is 0 Å². The summed E-state index contributed by atoms with van der Waals surface area (Å²) in [5, 5.41) is 6.87. The second-order valence-corrected chi connectivity index (χ2v) is 9.74. The maximum atomic E-state index is 6.33. The molecule has 2 heterocycles. The summed E-state index contributed by atoms with van der Waals surface area (Å²) in [5.74, 6) is 1.89. The molecule has 0 unspecified atom stereocenters. The normalized spacial score (nSPS) is 11.6. The van der Waals surface area contributed by atoms with Gasteiger partial charge in [-0.2, -0.15) is 0 Å². The fraction of sp³-hybridized carbons (Fsp3) is 0. The van der Waals surface area contributed by atoms with E-state index in [9.17, 15) is 0 Å². The Hall–Kier alpha value is -5.35. The molecule has 0 spiro atoms. The molecule has 0 fully saturated rings. The number of benzene rings is 6. The van der Waals surface area contributed by atoms with E-state index in [-0.39, 0.29) is 0 Å². The van der Waals surface area contributed by atoms with Gasteiger partial charge in [-0.1, -0.05) is 97.1 Å². The van der Waals surface area contributed by atoms with Crippen molar-refractivity contribution in [2.75, 3.05) is 0 Å². The van der Waals surface area contributed by atoms with Crippen LogP contribution < -0.4 is 0 Å². The summed E-state index contributed by atoms with van der Waals surface area (Å²) in [6.45, 7) is 0. The summed E-state index contributed by atoms with van der Waals surface area (Å²) in [6.07, 6.45) is 0. The second-order valence-electron chi connectivity index (χ2n) is 9.74. The molecule has 182 valence electrons. The Bertz CT molecular complexity index is 2180. The first kappa shape index (κ1) is 21.7. The van der Waals surface area contributed by atoms with E-state index in [4.69, 9.17) is 19.4 Å². The molecule has 39 heavy (non-hydrogen) atoms. The molecule has 0 aliphatic heterocycles. The van der Waals surface area contributed by atoms with Crippen LogP contribution in [0, 0.1) is 0 Å². The highest BCUT2D eigenvalue weighted by atomic mass is 16.3. The van der Waals surface area contributed by atoms with Gasteiger partial charge in [-0.05, 0) is 51.9 Å². The monoisotopic (exact) mass is 499 g/mol. The Morgan fingerprint density at radius 3 is 1.64 bits per heavy atom. The standard InChI is InChI=1S/C35H21N3O/c1-2-9-23(10-3-1)33-36-34(27-15-14-22-8-4-5-11-24(22)18-27)38-35(37-33)28-16-17-29-30-19-25-12-6-7-13-26(25)20-32(30)39-31(29)21-28/h1-21H. The quantitative estimate of drug-likeness (QED) is 0.243. The molecular formula is C35H21N3O. The first-order valence-corrected chi connectivity index (χ1v) is 12.9. The third-order valence-corrected chi connectivity index (χ3v) is 7.27. The molecule has 0 amide bonds. The Morgan fingerprint density at radius 1 is 0.359 bits per heavy atom. The summed E-state index contributed by atoms with van der Waals surface area (Å²) in [6, 6.07) is 43.5. The largest absolute Gasteiger partial charge is 0.456 e. The van der Waals surface area contributed by atoms with Crippen molar-refractivity contribution in [1.29, 1.82) is 0 Å². The molecule has 2 aromatic heterocycles. The second kappa shape index (κ2) is 8.61. The molecule has 8 rings (SSSR count). The molecule has 4 heteroatoms. The number of hydrogen-bond acceptors (Lipinski definition) is 4. The van der Waals surface area contributed by atoms with E-state index < -0.39 is 0 Å². The van der Waals surface area contributed by atoms with Crippen LogP contribution in [0.1, 0.15) is 0 Å². The average Bonchev–Trinajstić information content (AvgIpc) is 3.36. The van der Waals surface area contributed by atoms with Gasteiger partial charge < -0.3 is 4.42 Å². The van der Waals surface area contributed by atoms with Crippen molar-refractivity contribution in [2.24, 2.45) is 0 Å². The van der Waals surface area contributed by atoms with Gasteiger partial charge in [-0.25, -0.2) is 15.0 Å². The number of rotatable bonds is 3. The molecule has 0 atom stereocenters. The Morgan fingerprint density at radius 2 is 0.897 bits per heavy atom. The predicted octanol–water partition coefficient (Wildman–Crippen LogP) is 9.08. The summed E-state index contributed by atoms with van der Waals surface area (Å²) in [7, 11) is 0. The van der Waals surface area contributed by atoms with Crippen molar-refractivity contribution in [3.63, 3.8) is 0 Å². The van der Waals surface area contributed by atoms with E-state index in [1.165, 1.54) is 10.8 Å². The van der Waals surface area contributed by atoms with Crippen LogP contribution in [0.2, 0.25) is 0 Å². The Balaban J connectivity index is 1.32. The first-order chi connectivity index (χ1) is 19.3. The lowest BCUT2D eigenvalue weighted by molar-refractivity contribution is 0.669. The van der Waals surface area contributed by atoms with Crippen LogP contribution in [-0.2, 0) is 0 Å². The fourth-order valence-electron chi connectivity index (χ4n) is 5.28. The van der Waals surface area contributed by atoms with Crippen LogP contribution in [0.25, 0.3) is 77.6 Å². The smallest absolute Gasteiger partial charge is 0.164 e. The number of nitrogens with zero attached hydrogens (tertiary/aromatic N) is 3. The van der Waals surface area contributed by atoms with Gasteiger partial charge >= 0.3 is 0 Å². The van der Waals surface area contributed by atoms with E-state index in [0.29, 0.717) is 17.5 Å². The van der Waals surface area contributed by atoms with E-state index in [1.807, 2.05) is 54.6 Å². The van der Waals surface area contributed by atoms with Crippen molar-refractivity contribution in [3.8, 4) is 34.2 Å². The highest BCUT2D eigenvalue weighted by molar-refractivity contribution is 6.10. The van der Waals surface area contributed by atoms with Crippen LogP contribution in [0.5, 0.6) is 0 Å². The highest BCUT2D eigenvalue weighted by Gasteiger charge is 2.15. The minimum Gasteiger partial charge on any atom is -0.456 e. The fourth-order valence-corrected chi connectivity index (χ4v) is 5.28. The average molecular weight is 500 g/mol. The summed E-state index contributed by atoms with van der Waals surface area (Å²) in [5.41, 5.74) is 4.46. The molecule has 4 nitrogen and oxygen atoms in total. The van der Waals surface area contributed by atoms with Gasteiger partial charge in [-0.15, -0.1) is 0 Å². The van der Waals surface area contributed by atoms with Crippen LogP contribution in [0.15, 0.2) is 132 Å². The van der Waals surface area contributed by atoms with Crippen LogP contribution >= 0.6 is 0 Å². The summed E-state index contributed by atoms with van der Waals surface area (Å²) in [4.78, 5) is 14.7. The number of hydrogen-bond donors (Lipinski definition) is 0. The zero-order valence-corrected chi connectivity index (χ0v) is 20.9.